The minimum absolute atomic E-state index is 0.335. The molecule has 38 heavy (non-hydrogen) atoms. The topological polar surface area (TPSA) is 109 Å². The smallest absolute Gasteiger partial charge is 0.198 e. The van der Waals surface area contributed by atoms with Gasteiger partial charge in [-0.1, -0.05) is 101 Å². The van der Waals surface area contributed by atoms with Crippen LogP contribution in [0.1, 0.15) is 28.1 Å². The van der Waals surface area contributed by atoms with Gasteiger partial charge >= 0.3 is 0 Å². The third kappa shape index (κ3) is 4.90. The van der Waals surface area contributed by atoms with Crippen molar-refractivity contribution in [3.8, 4) is 0 Å². The van der Waals surface area contributed by atoms with Crippen LogP contribution in [-0.4, -0.2) is 40.1 Å². The highest BCUT2D eigenvalue weighted by molar-refractivity contribution is 5.37. The molecule has 10 heteroatoms. The molecule has 0 saturated carbocycles. The first kappa shape index (κ1) is 23.6. The summed E-state index contributed by atoms with van der Waals surface area (Å²) in [5.74, 6) is 0. The average Bonchev–Trinajstić information content (AvgIpc) is 3.73. The van der Waals surface area contributed by atoms with Crippen molar-refractivity contribution in [3.63, 3.8) is 0 Å². The molecule has 0 bridgehead atoms. The Morgan fingerprint density at radius 2 is 1.08 bits per heavy atom. The van der Waals surface area contributed by atoms with Gasteiger partial charge in [0.15, 0.2) is 5.60 Å². The van der Waals surface area contributed by atoms with Gasteiger partial charge in [-0.15, -0.1) is 15.7 Å². The van der Waals surface area contributed by atoms with Crippen molar-refractivity contribution in [1.82, 2.24) is 46.0 Å². The number of hydrogen-bond acceptors (Lipinski definition) is 8. The molecular formula is C28H27N9O. The number of aliphatic hydroxyl groups is 1. The number of aromatic nitrogens is 6. The fraction of sp³-hybridized carbons (Fsp3) is 0.143. The van der Waals surface area contributed by atoms with Gasteiger partial charge in [-0.25, -0.2) is 9.36 Å². The van der Waals surface area contributed by atoms with E-state index in [1.54, 1.807) is 21.8 Å². The van der Waals surface area contributed by atoms with Crippen LogP contribution in [0.3, 0.4) is 0 Å². The summed E-state index contributed by atoms with van der Waals surface area (Å²) in [6, 6.07) is 30.0. The third-order valence-corrected chi connectivity index (χ3v) is 6.40. The lowest BCUT2D eigenvalue weighted by Gasteiger charge is -2.24. The molecule has 1 aliphatic heterocycles. The molecule has 0 unspecified atom stereocenters. The van der Waals surface area contributed by atoms with Gasteiger partial charge in [0.2, 0.25) is 0 Å². The van der Waals surface area contributed by atoms with Gasteiger partial charge in [0.25, 0.3) is 0 Å². The van der Waals surface area contributed by atoms with Gasteiger partial charge in [-0.05, 0) is 16.7 Å². The number of benzene rings is 3. The fourth-order valence-corrected chi connectivity index (χ4v) is 4.43. The van der Waals surface area contributed by atoms with Crippen molar-refractivity contribution < 1.29 is 5.11 Å². The Kier molecular flexibility index (Phi) is 6.39. The molecule has 3 aromatic carbocycles. The predicted molar refractivity (Wildman–Crippen MR) is 140 cm³/mol. The molecule has 10 nitrogen and oxygen atoms in total. The molecule has 3 heterocycles. The summed E-state index contributed by atoms with van der Waals surface area (Å²) < 4.78 is 3.41. The number of hydrogen-bond donors (Lipinski definition) is 3. The fourth-order valence-electron chi connectivity index (χ4n) is 4.43. The van der Waals surface area contributed by atoms with Gasteiger partial charge < -0.3 is 10.5 Å². The number of nitrogens with zero attached hydrogens (tertiary/aromatic N) is 7. The molecule has 0 spiro atoms. The number of rotatable bonds is 9. The summed E-state index contributed by atoms with van der Waals surface area (Å²) in [5, 5.41) is 31.5. The highest BCUT2D eigenvalue weighted by Gasteiger charge is 2.44. The summed E-state index contributed by atoms with van der Waals surface area (Å²) in [7, 11) is 0. The lowest BCUT2D eigenvalue weighted by Crippen LogP contribution is -2.41. The van der Waals surface area contributed by atoms with Crippen LogP contribution in [0.15, 0.2) is 115 Å². The molecule has 0 aliphatic carbocycles. The summed E-state index contributed by atoms with van der Waals surface area (Å²) in [4.78, 5) is 0. The summed E-state index contributed by atoms with van der Waals surface area (Å²) in [6.07, 6.45) is 5.30. The largest absolute Gasteiger partial charge is 0.372 e. The van der Waals surface area contributed by atoms with E-state index in [9.17, 15) is 5.11 Å². The normalized spacial score (nSPS) is 13.4. The summed E-state index contributed by atoms with van der Waals surface area (Å²) in [5.41, 5.74) is 8.92. The quantitative estimate of drug-likeness (QED) is 0.281. The Balaban J connectivity index is 1.33. The lowest BCUT2D eigenvalue weighted by atomic mass is 9.93. The van der Waals surface area contributed by atoms with Crippen LogP contribution in [0.2, 0.25) is 0 Å². The maximum Gasteiger partial charge on any atom is 0.198 e. The van der Waals surface area contributed by atoms with Crippen molar-refractivity contribution in [1.29, 1.82) is 0 Å². The molecule has 0 radical (unpaired) electrons. The van der Waals surface area contributed by atoms with Crippen molar-refractivity contribution >= 4 is 0 Å². The van der Waals surface area contributed by atoms with E-state index in [1.165, 1.54) is 0 Å². The zero-order valence-electron chi connectivity index (χ0n) is 20.6. The molecule has 0 atom stereocenters. The average molecular weight is 506 g/mol. The SMILES string of the molecule is OC(C1=CN(Cc2ccccc2)NN1)(c1cn(Cc2ccccc2)nn1)c1cn(Cc2ccccc2)nn1. The standard InChI is InChI=1S/C28H27N9O/c38-28(25-19-35(32-29-25)16-22-10-4-1-5-11-22,26-20-36(33-30-26)17-23-12-6-2-7-13-23)27-21-37(34-31-27)18-24-14-8-3-9-15-24/h1-15,19-21,29,32,38H,16-18H2. The van der Waals surface area contributed by atoms with Gasteiger partial charge in [0.1, 0.15) is 11.4 Å². The van der Waals surface area contributed by atoms with Crippen LogP contribution >= 0.6 is 0 Å². The number of hydrazine groups is 2. The van der Waals surface area contributed by atoms with Gasteiger partial charge in [0, 0.05) is 6.20 Å². The first-order valence-corrected chi connectivity index (χ1v) is 12.3. The molecule has 0 saturated heterocycles. The molecule has 2 aromatic heterocycles. The van der Waals surface area contributed by atoms with Crippen LogP contribution in [0, 0.1) is 0 Å². The van der Waals surface area contributed by atoms with E-state index >= 15 is 0 Å². The highest BCUT2D eigenvalue weighted by Crippen LogP contribution is 2.34. The van der Waals surface area contributed by atoms with Crippen LogP contribution in [0.25, 0.3) is 0 Å². The zero-order valence-corrected chi connectivity index (χ0v) is 20.6. The first-order valence-electron chi connectivity index (χ1n) is 12.3. The maximum atomic E-state index is 12.3. The Morgan fingerprint density at radius 1 is 0.632 bits per heavy atom. The van der Waals surface area contributed by atoms with Crippen LogP contribution < -0.4 is 11.0 Å². The van der Waals surface area contributed by atoms with Crippen molar-refractivity contribution in [3.05, 3.63) is 143 Å². The number of nitrogens with one attached hydrogen (secondary N) is 2. The first-order chi connectivity index (χ1) is 18.7. The Morgan fingerprint density at radius 3 is 1.55 bits per heavy atom. The molecule has 0 amide bonds. The minimum Gasteiger partial charge on any atom is -0.372 e. The summed E-state index contributed by atoms with van der Waals surface area (Å²) in [6.45, 7) is 1.64. The molecular weight excluding hydrogens is 478 g/mol. The van der Waals surface area contributed by atoms with Gasteiger partial charge in [-0.2, -0.15) is 0 Å². The van der Waals surface area contributed by atoms with E-state index in [4.69, 9.17) is 0 Å². The van der Waals surface area contributed by atoms with E-state index in [0.29, 0.717) is 36.7 Å². The molecule has 190 valence electrons. The van der Waals surface area contributed by atoms with Gasteiger partial charge in [-0.3, -0.25) is 5.01 Å². The van der Waals surface area contributed by atoms with Crippen molar-refractivity contribution in [2.24, 2.45) is 0 Å². The molecule has 3 N–H and O–H groups in total. The van der Waals surface area contributed by atoms with E-state index in [2.05, 4.69) is 31.6 Å². The maximum absolute atomic E-state index is 12.3. The minimum atomic E-state index is -1.72. The Bertz CT molecular complexity index is 1430. The monoisotopic (exact) mass is 505 g/mol. The van der Waals surface area contributed by atoms with Crippen molar-refractivity contribution in [2.75, 3.05) is 0 Å². The Hall–Kier alpha value is -4.80. The molecule has 5 aromatic rings. The highest BCUT2D eigenvalue weighted by atomic mass is 16.3. The van der Waals surface area contributed by atoms with Crippen LogP contribution in [-0.2, 0) is 25.2 Å². The van der Waals surface area contributed by atoms with Gasteiger partial charge in [0.05, 0.1) is 37.7 Å². The van der Waals surface area contributed by atoms with Crippen molar-refractivity contribution in [2.45, 2.75) is 25.2 Å². The predicted octanol–water partition coefficient (Wildman–Crippen LogP) is 2.57. The summed E-state index contributed by atoms with van der Waals surface area (Å²) >= 11 is 0. The van der Waals surface area contributed by atoms with E-state index in [-0.39, 0.29) is 0 Å². The second-order valence-electron chi connectivity index (χ2n) is 9.18. The van der Waals surface area contributed by atoms with Crippen LogP contribution in [0.4, 0.5) is 0 Å². The second-order valence-corrected chi connectivity index (χ2v) is 9.18. The zero-order chi connectivity index (χ0) is 25.8. The van der Waals surface area contributed by atoms with Crippen LogP contribution in [0.5, 0.6) is 0 Å². The van der Waals surface area contributed by atoms with E-state index < -0.39 is 5.60 Å². The second kappa shape index (κ2) is 10.3. The lowest BCUT2D eigenvalue weighted by molar-refractivity contribution is 0.102. The molecule has 0 fully saturated rings. The van der Waals surface area contributed by atoms with E-state index in [0.717, 1.165) is 16.7 Å². The third-order valence-electron chi connectivity index (χ3n) is 6.40. The van der Waals surface area contributed by atoms with E-state index in [1.807, 2.05) is 102 Å². The molecule has 1 aliphatic rings. The molecule has 6 rings (SSSR count). The Labute approximate surface area is 219 Å².